The van der Waals surface area contributed by atoms with E-state index in [4.69, 9.17) is 5.11 Å². The minimum Gasteiger partial charge on any atom is -0.465 e. The predicted molar refractivity (Wildman–Crippen MR) is 53.3 cm³/mol. The summed E-state index contributed by atoms with van der Waals surface area (Å²) in [5, 5.41) is 12.1. The van der Waals surface area contributed by atoms with Crippen LogP contribution in [0.1, 0.15) is 12.8 Å². The summed E-state index contributed by atoms with van der Waals surface area (Å²) in [6.07, 6.45) is 1.08. The molecule has 0 aromatic heterocycles. The molecule has 1 amide bonds. The van der Waals surface area contributed by atoms with Crippen molar-refractivity contribution in [3.63, 3.8) is 0 Å². The average molecular weight is 210 g/mol. The van der Waals surface area contributed by atoms with Crippen LogP contribution in [-0.2, 0) is 4.79 Å². The SMILES string of the molecule is O=C=C1CN(C(=O)O)C1C1CCCNC1. The molecule has 2 aliphatic heterocycles. The summed E-state index contributed by atoms with van der Waals surface area (Å²) in [5.41, 5.74) is 0.603. The molecule has 5 heteroatoms. The van der Waals surface area contributed by atoms with Gasteiger partial charge in [0.15, 0.2) is 0 Å². The Bertz CT molecular complexity index is 317. The van der Waals surface area contributed by atoms with Crippen LogP contribution < -0.4 is 5.32 Å². The standard InChI is InChI=1S/C10H14N2O3/c13-6-8-5-12(10(14)15)9(8)7-2-1-3-11-4-7/h7,9,11H,1-5H2,(H,14,15). The summed E-state index contributed by atoms with van der Waals surface area (Å²) in [6, 6.07) is -0.229. The van der Waals surface area contributed by atoms with Gasteiger partial charge in [0.1, 0.15) is 5.94 Å². The first-order valence-electron chi connectivity index (χ1n) is 5.18. The summed E-state index contributed by atoms with van der Waals surface area (Å²) < 4.78 is 0. The van der Waals surface area contributed by atoms with Crippen molar-refractivity contribution >= 4 is 12.0 Å². The van der Waals surface area contributed by atoms with E-state index < -0.39 is 6.09 Å². The Morgan fingerprint density at radius 3 is 2.93 bits per heavy atom. The smallest absolute Gasteiger partial charge is 0.408 e. The molecule has 2 unspecified atom stereocenters. The lowest BCUT2D eigenvalue weighted by Crippen LogP contribution is -2.59. The fourth-order valence-corrected chi connectivity index (χ4v) is 2.42. The van der Waals surface area contributed by atoms with Crippen LogP contribution in [0, 0.1) is 5.92 Å². The van der Waals surface area contributed by atoms with Crippen LogP contribution in [-0.4, -0.2) is 47.7 Å². The van der Waals surface area contributed by atoms with Gasteiger partial charge in [-0.3, -0.25) is 4.90 Å². The average Bonchev–Trinajstić information content (AvgIpc) is 2.18. The van der Waals surface area contributed by atoms with E-state index in [1.807, 2.05) is 5.94 Å². The number of nitrogens with one attached hydrogen (secondary N) is 1. The van der Waals surface area contributed by atoms with Crippen molar-refractivity contribution in [2.45, 2.75) is 18.9 Å². The molecule has 2 rings (SSSR count). The van der Waals surface area contributed by atoms with Crippen LogP contribution in [0.5, 0.6) is 0 Å². The zero-order valence-electron chi connectivity index (χ0n) is 8.40. The van der Waals surface area contributed by atoms with Gasteiger partial charge < -0.3 is 10.4 Å². The number of rotatable bonds is 1. The van der Waals surface area contributed by atoms with Gasteiger partial charge in [-0.25, -0.2) is 9.59 Å². The van der Waals surface area contributed by atoms with Gasteiger partial charge in [0.05, 0.1) is 18.2 Å². The Kier molecular flexibility index (Phi) is 2.75. The van der Waals surface area contributed by atoms with Gasteiger partial charge in [0.25, 0.3) is 0 Å². The van der Waals surface area contributed by atoms with E-state index in [1.165, 1.54) is 4.90 Å². The Morgan fingerprint density at radius 2 is 2.40 bits per heavy atom. The largest absolute Gasteiger partial charge is 0.465 e. The topological polar surface area (TPSA) is 69.6 Å². The molecule has 0 aromatic carbocycles. The van der Waals surface area contributed by atoms with Crippen LogP contribution in [0.15, 0.2) is 5.57 Å². The number of likely N-dealkylation sites (tertiary alicyclic amines) is 1. The summed E-state index contributed by atoms with van der Waals surface area (Å²) in [5.74, 6) is 2.10. The van der Waals surface area contributed by atoms with E-state index in [1.54, 1.807) is 0 Å². The molecular formula is C10H14N2O3. The van der Waals surface area contributed by atoms with Crippen molar-refractivity contribution in [2.24, 2.45) is 5.92 Å². The number of hydrogen-bond acceptors (Lipinski definition) is 3. The van der Waals surface area contributed by atoms with Gasteiger partial charge in [-0.15, -0.1) is 0 Å². The Hall–Kier alpha value is -1.32. The molecule has 2 fully saturated rings. The second-order valence-corrected chi connectivity index (χ2v) is 4.09. The Morgan fingerprint density at radius 1 is 1.60 bits per heavy atom. The van der Waals surface area contributed by atoms with Crippen molar-refractivity contribution in [3.8, 4) is 0 Å². The van der Waals surface area contributed by atoms with E-state index in [-0.39, 0.29) is 18.5 Å². The van der Waals surface area contributed by atoms with Crippen LogP contribution in [0.25, 0.3) is 0 Å². The monoisotopic (exact) mass is 210 g/mol. The third kappa shape index (κ3) is 1.76. The maximum atomic E-state index is 10.9. The number of carbonyl (C=O) groups is 1. The molecule has 0 spiro atoms. The van der Waals surface area contributed by atoms with Crippen molar-refractivity contribution < 1.29 is 14.7 Å². The predicted octanol–water partition coefficient (Wildman–Crippen LogP) is 0.106. The van der Waals surface area contributed by atoms with E-state index >= 15 is 0 Å². The van der Waals surface area contributed by atoms with Gasteiger partial charge in [-0.2, -0.15) is 0 Å². The fourth-order valence-electron chi connectivity index (χ4n) is 2.42. The van der Waals surface area contributed by atoms with Crippen LogP contribution in [0.2, 0.25) is 0 Å². The summed E-state index contributed by atoms with van der Waals surface area (Å²) in [6.45, 7) is 2.01. The Labute approximate surface area is 87.7 Å². The molecule has 2 aliphatic rings. The molecule has 0 aliphatic carbocycles. The molecule has 15 heavy (non-hydrogen) atoms. The first-order chi connectivity index (χ1) is 7.24. The van der Waals surface area contributed by atoms with Crippen LogP contribution in [0.4, 0.5) is 4.79 Å². The minimum absolute atomic E-state index is 0.229. The maximum Gasteiger partial charge on any atom is 0.408 e. The van der Waals surface area contributed by atoms with E-state index in [9.17, 15) is 9.59 Å². The highest BCUT2D eigenvalue weighted by molar-refractivity contribution is 5.73. The summed E-state index contributed by atoms with van der Waals surface area (Å²) in [7, 11) is 0. The molecule has 2 saturated heterocycles. The molecule has 0 aromatic rings. The van der Waals surface area contributed by atoms with Gasteiger partial charge in [-0.1, -0.05) is 0 Å². The third-order valence-electron chi connectivity index (χ3n) is 3.19. The highest BCUT2D eigenvalue weighted by Crippen LogP contribution is 2.31. The van der Waals surface area contributed by atoms with E-state index in [2.05, 4.69) is 5.32 Å². The second-order valence-electron chi connectivity index (χ2n) is 4.09. The fraction of sp³-hybridized carbons (Fsp3) is 0.700. The Balaban J connectivity index is 2.09. The molecule has 0 radical (unpaired) electrons. The lowest BCUT2D eigenvalue weighted by molar-refractivity contribution is 0.0813. The lowest BCUT2D eigenvalue weighted by Gasteiger charge is -2.45. The molecule has 2 N–H and O–H groups in total. The van der Waals surface area contributed by atoms with Crippen molar-refractivity contribution in [1.82, 2.24) is 10.2 Å². The number of carboxylic acid groups (broad SMARTS) is 1. The highest BCUT2D eigenvalue weighted by atomic mass is 16.4. The van der Waals surface area contributed by atoms with Crippen LogP contribution >= 0.6 is 0 Å². The molecule has 2 heterocycles. The molecule has 5 nitrogen and oxygen atoms in total. The third-order valence-corrected chi connectivity index (χ3v) is 3.19. The maximum absolute atomic E-state index is 10.9. The first kappa shape index (κ1) is 10.2. The minimum atomic E-state index is -0.940. The van der Waals surface area contributed by atoms with Crippen molar-refractivity contribution in [3.05, 3.63) is 5.57 Å². The number of amides is 1. The molecule has 0 bridgehead atoms. The van der Waals surface area contributed by atoms with Gasteiger partial charge in [0.2, 0.25) is 0 Å². The first-order valence-corrected chi connectivity index (χ1v) is 5.18. The zero-order chi connectivity index (χ0) is 10.8. The molecule has 82 valence electrons. The van der Waals surface area contributed by atoms with Gasteiger partial charge in [0, 0.05) is 6.54 Å². The normalized spacial score (nSPS) is 30.7. The quantitative estimate of drug-likeness (QED) is 0.602. The molecule has 0 saturated carbocycles. The summed E-state index contributed by atoms with van der Waals surface area (Å²) >= 11 is 0. The van der Waals surface area contributed by atoms with Crippen molar-refractivity contribution in [1.29, 1.82) is 0 Å². The van der Waals surface area contributed by atoms with Gasteiger partial charge >= 0.3 is 6.09 Å². The zero-order valence-corrected chi connectivity index (χ0v) is 8.40. The molecule has 2 atom stereocenters. The number of nitrogens with zero attached hydrogens (tertiary/aromatic N) is 1. The van der Waals surface area contributed by atoms with E-state index in [0.29, 0.717) is 5.57 Å². The van der Waals surface area contributed by atoms with Crippen LogP contribution in [0.3, 0.4) is 0 Å². The lowest BCUT2D eigenvalue weighted by atomic mass is 9.81. The molecular weight excluding hydrogens is 196 g/mol. The van der Waals surface area contributed by atoms with Gasteiger partial charge in [-0.05, 0) is 25.3 Å². The van der Waals surface area contributed by atoms with E-state index in [0.717, 1.165) is 25.9 Å². The van der Waals surface area contributed by atoms with Crippen molar-refractivity contribution in [2.75, 3.05) is 19.6 Å². The number of hydrogen-bond donors (Lipinski definition) is 2. The summed E-state index contributed by atoms with van der Waals surface area (Å²) in [4.78, 5) is 22.8. The number of carbonyl (C=O) groups excluding carboxylic acids is 1. The number of piperidine rings is 1. The highest BCUT2D eigenvalue weighted by Gasteiger charge is 2.43. The second kappa shape index (κ2) is 4.04.